The SMILES string of the molecule is CCN(Cc1cccc(F)c1)C(=O)COC(=O)COc1ccc2ccc(=O)oc2c1. The topological polar surface area (TPSA) is 86.0 Å². The number of halogens is 1. The second-order valence-electron chi connectivity index (χ2n) is 6.44. The van der Waals surface area contributed by atoms with Crippen LogP contribution in [0.15, 0.2) is 63.8 Å². The summed E-state index contributed by atoms with van der Waals surface area (Å²) in [5.74, 6) is -1.18. The highest BCUT2D eigenvalue weighted by molar-refractivity contribution is 5.81. The van der Waals surface area contributed by atoms with Gasteiger partial charge in [-0.25, -0.2) is 14.0 Å². The van der Waals surface area contributed by atoms with Gasteiger partial charge in [-0.05, 0) is 42.8 Å². The van der Waals surface area contributed by atoms with E-state index >= 15 is 0 Å². The first-order valence-electron chi connectivity index (χ1n) is 9.29. The van der Waals surface area contributed by atoms with Crippen LogP contribution in [0, 0.1) is 5.82 Å². The summed E-state index contributed by atoms with van der Waals surface area (Å²) >= 11 is 0. The minimum atomic E-state index is -0.722. The molecule has 156 valence electrons. The second-order valence-corrected chi connectivity index (χ2v) is 6.44. The van der Waals surface area contributed by atoms with Gasteiger partial charge in [0.1, 0.15) is 17.1 Å². The Hall–Kier alpha value is -3.68. The van der Waals surface area contributed by atoms with Crippen LogP contribution < -0.4 is 10.4 Å². The molecule has 0 fully saturated rings. The summed E-state index contributed by atoms with van der Waals surface area (Å²) in [6, 6.07) is 13.7. The lowest BCUT2D eigenvalue weighted by atomic mass is 10.2. The number of benzene rings is 2. The van der Waals surface area contributed by atoms with Gasteiger partial charge in [0.05, 0.1) is 0 Å². The van der Waals surface area contributed by atoms with Gasteiger partial charge < -0.3 is 18.8 Å². The van der Waals surface area contributed by atoms with Crippen molar-refractivity contribution in [1.29, 1.82) is 0 Å². The molecule has 8 heteroatoms. The normalized spacial score (nSPS) is 10.6. The van der Waals surface area contributed by atoms with E-state index in [9.17, 15) is 18.8 Å². The number of amides is 1. The Kier molecular flexibility index (Phi) is 6.79. The van der Waals surface area contributed by atoms with Gasteiger partial charge in [0.2, 0.25) is 0 Å². The van der Waals surface area contributed by atoms with Gasteiger partial charge in [0.15, 0.2) is 13.2 Å². The van der Waals surface area contributed by atoms with Gasteiger partial charge in [-0.3, -0.25) is 4.79 Å². The molecule has 2 aromatic carbocycles. The van der Waals surface area contributed by atoms with E-state index in [0.717, 1.165) is 0 Å². The molecule has 0 saturated carbocycles. The molecule has 1 amide bonds. The lowest BCUT2D eigenvalue weighted by Crippen LogP contribution is -2.34. The van der Waals surface area contributed by atoms with Crippen LogP contribution in [0.5, 0.6) is 5.75 Å². The van der Waals surface area contributed by atoms with E-state index in [1.807, 2.05) is 0 Å². The Bertz CT molecular complexity index is 1110. The van der Waals surface area contributed by atoms with Crippen LogP contribution in [0.2, 0.25) is 0 Å². The summed E-state index contributed by atoms with van der Waals surface area (Å²) in [6.07, 6.45) is 0. The van der Waals surface area contributed by atoms with Crippen LogP contribution in [-0.2, 0) is 20.9 Å². The Morgan fingerprint density at radius 2 is 1.87 bits per heavy atom. The van der Waals surface area contributed by atoms with Crippen LogP contribution in [-0.4, -0.2) is 36.5 Å². The first-order valence-corrected chi connectivity index (χ1v) is 9.29. The molecule has 0 spiro atoms. The van der Waals surface area contributed by atoms with Crippen LogP contribution in [0.4, 0.5) is 4.39 Å². The van der Waals surface area contributed by atoms with Crippen LogP contribution >= 0.6 is 0 Å². The Morgan fingerprint density at radius 1 is 1.07 bits per heavy atom. The monoisotopic (exact) mass is 413 g/mol. The van der Waals surface area contributed by atoms with E-state index in [2.05, 4.69) is 0 Å². The number of hydrogen-bond donors (Lipinski definition) is 0. The second kappa shape index (κ2) is 9.69. The molecule has 1 heterocycles. The van der Waals surface area contributed by atoms with E-state index < -0.39 is 30.7 Å². The third kappa shape index (κ3) is 5.66. The maximum Gasteiger partial charge on any atom is 0.344 e. The summed E-state index contributed by atoms with van der Waals surface area (Å²) in [4.78, 5) is 36.9. The summed E-state index contributed by atoms with van der Waals surface area (Å²) in [6.45, 7) is 1.51. The first kappa shape index (κ1) is 21.0. The Labute approximate surface area is 171 Å². The van der Waals surface area contributed by atoms with Crippen molar-refractivity contribution < 1.29 is 27.9 Å². The largest absolute Gasteiger partial charge is 0.482 e. The molecule has 0 aliphatic rings. The highest BCUT2D eigenvalue weighted by Crippen LogP contribution is 2.19. The van der Waals surface area contributed by atoms with Crippen LogP contribution in [0.3, 0.4) is 0 Å². The molecule has 3 rings (SSSR count). The van der Waals surface area contributed by atoms with Crippen molar-refractivity contribution in [2.24, 2.45) is 0 Å². The highest BCUT2D eigenvalue weighted by atomic mass is 19.1. The highest BCUT2D eigenvalue weighted by Gasteiger charge is 2.15. The van der Waals surface area contributed by atoms with Crippen LogP contribution in [0.25, 0.3) is 11.0 Å². The van der Waals surface area contributed by atoms with Gasteiger partial charge in [0.25, 0.3) is 5.91 Å². The number of likely N-dealkylation sites (N-methyl/N-ethyl adjacent to an activating group) is 1. The molecule has 0 unspecified atom stereocenters. The Morgan fingerprint density at radius 3 is 2.63 bits per heavy atom. The van der Waals surface area contributed by atoms with Crippen molar-refractivity contribution in [2.75, 3.05) is 19.8 Å². The molecule has 1 aromatic heterocycles. The molecular formula is C22H20FNO6. The quantitative estimate of drug-likeness (QED) is 0.417. The Balaban J connectivity index is 1.49. The number of carbonyl (C=O) groups excluding carboxylic acids is 2. The first-order chi connectivity index (χ1) is 14.4. The number of nitrogens with zero attached hydrogens (tertiary/aromatic N) is 1. The molecule has 7 nitrogen and oxygen atoms in total. The molecule has 0 aliphatic carbocycles. The summed E-state index contributed by atoms with van der Waals surface area (Å²) < 4.78 is 28.7. The van der Waals surface area contributed by atoms with Gasteiger partial charge >= 0.3 is 11.6 Å². The van der Waals surface area contributed by atoms with Crippen molar-refractivity contribution in [3.63, 3.8) is 0 Å². The maximum absolute atomic E-state index is 13.3. The molecule has 0 radical (unpaired) electrons. The van der Waals surface area contributed by atoms with E-state index in [1.165, 1.54) is 29.2 Å². The molecule has 30 heavy (non-hydrogen) atoms. The third-order valence-electron chi connectivity index (χ3n) is 4.30. The predicted octanol–water partition coefficient (Wildman–Crippen LogP) is 2.90. The predicted molar refractivity (Wildman–Crippen MR) is 106 cm³/mol. The number of carbonyl (C=O) groups is 2. The lowest BCUT2D eigenvalue weighted by molar-refractivity contribution is -0.153. The van der Waals surface area contributed by atoms with Gasteiger partial charge in [-0.15, -0.1) is 0 Å². The van der Waals surface area contributed by atoms with Crippen molar-refractivity contribution >= 4 is 22.8 Å². The van der Waals surface area contributed by atoms with Crippen molar-refractivity contribution in [2.45, 2.75) is 13.5 Å². The van der Waals surface area contributed by atoms with E-state index in [4.69, 9.17) is 13.9 Å². The molecular weight excluding hydrogens is 393 g/mol. The van der Waals surface area contributed by atoms with E-state index in [1.54, 1.807) is 37.3 Å². The summed E-state index contributed by atoms with van der Waals surface area (Å²) in [7, 11) is 0. The minimum Gasteiger partial charge on any atom is -0.482 e. The number of ether oxygens (including phenoxy) is 2. The van der Waals surface area contributed by atoms with Gasteiger partial charge in [-0.1, -0.05) is 12.1 Å². The minimum absolute atomic E-state index is 0.212. The smallest absolute Gasteiger partial charge is 0.344 e. The number of fused-ring (bicyclic) bond motifs is 1. The lowest BCUT2D eigenvalue weighted by Gasteiger charge is -2.21. The molecule has 0 saturated heterocycles. The van der Waals surface area contributed by atoms with Crippen molar-refractivity contribution in [3.8, 4) is 5.75 Å². The number of hydrogen-bond acceptors (Lipinski definition) is 6. The van der Waals surface area contributed by atoms with Crippen LogP contribution in [0.1, 0.15) is 12.5 Å². The average molecular weight is 413 g/mol. The van der Waals surface area contributed by atoms with Crippen molar-refractivity contribution in [3.05, 3.63) is 76.4 Å². The maximum atomic E-state index is 13.3. The fourth-order valence-corrected chi connectivity index (χ4v) is 2.78. The molecule has 0 aliphatic heterocycles. The zero-order valence-corrected chi connectivity index (χ0v) is 16.3. The zero-order chi connectivity index (χ0) is 21.5. The number of esters is 1. The van der Waals surface area contributed by atoms with E-state index in [0.29, 0.717) is 28.8 Å². The van der Waals surface area contributed by atoms with Crippen molar-refractivity contribution in [1.82, 2.24) is 4.90 Å². The number of rotatable bonds is 8. The average Bonchev–Trinajstić information content (AvgIpc) is 2.74. The van der Waals surface area contributed by atoms with E-state index in [-0.39, 0.29) is 12.4 Å². The van der Waals surface area contributed by atoms with Gasteiger partial charge in [-0.2, -0.15) is 0 Å². The standard InChI is InChI=1S/C22H20FNO6/c1-2-24(12-15-4-3-5-17(23)10-15)20(25)13-29-22(27)14-28-18-8-6-16-7-9-21(26)30-19(16)11-18/h3-11H,2,12-14H2,1H3. The fourth-order valence-electron chi connectivity index (χ4n) is 2.78. The zero-order valence-electron chi connectivity index (χ0n) is 16.3. The molecule has 0 bridgehead atoms. The van der Waals surface area contributed by atoms with Gasteiger partial charge in [0, 0.05) is 30.6 Å². The molecule has 0 atom stereocenters. The summed E-state index contributed by atoms with van der Waals surface area (Å²) in [5, 5.41) is 0.716. The fraction of sp³-hybridized carbons (Fsp3) is 0.227. The molecule has 0 N–H and O–H groups in total. The molecule has 3 aromatic rings. The third-order valence-corrected chi connectivity index (χ3v) is 4.30. The summed E-state index contributed by atoms with van der Waals surface area (Å²) in [5.41, 5.74) is 0.485.